The van der Waals surface area contributed by atoms with Crippen LogP contribution in [0.15, 0.2) is 0 Å². The normalized spacial score (nSPS) is 11.6. The van der Waals surface area contributed by atoms with Gasteiger partial charge in [0.15, 0.2) is 5.69 Å². The van der Waals surface area contributed by atoms with E-state index in [9.17, 15) is 9.90 Å². The Morgan fingerprint density at radius 2 is 2.11 bits per heavy atom. The van der Waals surface area contributed by atoms with Crippen LogP contribution in [0.4, 0.5) is 0 Å². The molecule has 0 atom stereocenters. The highest BCUT2D eigenvalue weighted by Gasteiger charge is 2.23. The summed E-state index contributed by atoms with van der Waals surface area (Å²) in [5, 5.41) is 17.6. The smallest absolute Gasteiger partial charge is 0.360 e. The molecular formula is C12H21N3O3. The van der Waals surface area contributed by atoms with E-state index in [1.165, 1.54) is 0 Å². The summed E-state index contributed by atoms with van der Waals surface area (Å²) in [4.78, 5) is 11.7. The number of hydrogen-bond acceptors (Lipinski definition) is 5. The highest BCUT2D eigenvalue weighted by molar-refractivity contribution is 5.88. The van der Waals surface area contributed by atoms with Crippen molar-refractivity contribution in [3.8, 4) is 0 Å². The minimum atomic E-state index is -0.901. The molecule has 6 nitrogen and oxygen atoms in total. The monoisotopic (exact) mass is 255 g/mol. The van der Waals surface area contributed by atoms with Crippen molar-refractivity contribution >= 4 is 5.97 Å². The predicted octanol–water partition coefficient (Wildman–Crippen LogP) is 1.18. The number of carbonyl (C=O) groups excluding carboxylic acids is 1. The lowest BCUT2D eigenvalue weighted by molar-refractivity contribution is 0.0510. The molecule has 0 aliphatic carbocycles. The molecule has 0 saturated carbocycles. The first kappa shape index (κ1) is 14.6. The Balaban J connectivity index is 3.02. The molecule has 102 valence electrons. The van der Waals surface area contributed by atoms with Crippen LogP contribution in [-0.4, -0.2) is 38.3 Å². The van der Waals surface area contributed by atoms with Crippen molar-refractivity contribution < 1.29 is 14.6 Å². The number of nitrogens with zero attached hydrogens (tertiary/aromatic N) is 3. The third-order valence-corrected chi connectivity index (χ3v) is 2.33. The third-order valence-electron chi connectivity index (χ3n) is 2.33. The first-order valence-electron chi connectivity index (χ1n) is 6.21. The van der Waals surface area contributed by atoms with E-state index in [1.807, 2.05) is 6.92 Å². The number of rotatable bonds is 6. The molecule has 1 heterocycles. The van der Waals surface area contributed by atoms with Crippen molar-refractivity contribution in [1.82, 2.24) is 15.0 Å². The van der Waals surface area contributed by atoms with Crippen LogP contribution in [0.25, 0.3) is 0 Å². The highest BCUT2D eigenvalue weighted by atomic mass is 16.5. The maximum atomic E-state index is 11.7. The number of aromatic nitrogens is 3. The van der Waals surface area contributed by atoms with E-state index in [0.29, 0.717) is 19.6 Å². The molecule has 0 amide bonds. The molecule has 0 bridgehead atoms. The van der Waals surface area contributed by atoms with E-state index in [4.69, 9.17) is 4.74 Å². The average Bonchev–Trinajstić information content (AvgIpc) is 2.60. The molecule has 1 N–H and O–H groups in total. The molecule has 0 aromatic carbocycles. The summed E-state index contributed by atoms with van der Waals surface area (Å²) in [5.74, 6) is -0.456. The second kappa shape index (κ2) is 5.95. The number of carbonyl (C=O) groups is 1. The summed E-state index contributed by atoms with van der Waals surface area (Å²) >= 11 is 0. The van der Waals surface area contributed by atoms with Gasteiger partial charge in [0.25, 0.3) is 0 Å². The topological polar surface area (TPSA) is 77.2 Å². The van der Waals surface area contributed by atoms with E-state index < -0.39 is 11.6 Å². The minimum absolute atomic E-state index is 0.253. The maximum Gasteiger partial charge on any atom is 0.360 e. The van der Waals surface area contributed by atoms with Gasteiger partial charge in [-0.05, 0) is 27.2 Å². The molecule has 0 spiro atoms. The zero-order valence-corrected chi connectivity index (χ0v) is 11.4. The van der Waals surface area contributed by atoms with E-state index in [0.717, 1.165) is 12.1 Å². The van der Waals surface area contributed by atoms with E-state index in [-0.39, 0.29) is 5.69 Å². The van der Waals surface area contributed by atoms with Crippen LogP contribution in [0.2, 0.25) is 0 Å². The van der Waals surface area contributed by atoms with E-state index in [1.54, 1.807) is 25.5 Å². The summed E-state index contributed by atoms with van der Waals surface area (Å²) in [6, 6.07) is 0. The van der Waals surface area contributed by atoms with Gasteiger partial charge in [-0.1, -0.05) is 18.6 Å². The number of esters is 1. The molecule has 0 radical (unpaired) electrons. The fourth-order valence-electron chi connectivity index (χ4n) is 1.67. The van der Waals surface area contributed by atoms with Crippen LogP contribution in [0, 0.1) is 0 Å². The summed E-state index contributed by atoms with van der Waals surface area (Å²) in [5.41, 5.74) is 0.0725. The van der Waals surface area contributed by atoms with E-state index >= 15 is 0 Å². The molecule has 0 aliphatic heterocycles. The van der Waals surface area contributed by atoms with Crippen molar-refractivity contribution in [2.24, 2.45) is 0 Å². The van der Waals surface area contributed by atoms with Crippen LogP contribution >= 0.6 is 0 Å². The molecule has 1 aromatic rings. The minimum Gasteiger partial charge on any atom is -0.461 e. The molecule has 1 aromatic heterocycles. The summed E-state index contributed by atoms with van der Waals surface area (Å²) < 4.78 is 6.52. The SMILES string of the molecule is CCCc1c(C(=O)OCC)nnn1CC(C)(C)O. The second-order valence-corrected chi connectivity index (χ2v) is 4.83. The van der Waals surface area contributed by atoms with Gasteiger partial charge >= 0.3 is 5.97 Å². The van der Waals surface area contributed by atoms with Gasteiger partial charge in [0.1, 0.15) is 0 Å². The van der Waals surface area contributed by atoms with Gasteiger partial charge in [0, 0.05) is 0 Å². The van der Waals surface area contributed by atoms with Gasteiger partial charge in [-0.15, -0.1) is 5.10 Å². The Labute approximate surface area is 107 Å². The van der Waals surface area contributed by atoms with Crippen molar-refractivity contribution in [3.05, 3.63) is 11.4 Å². The lowest BCUT2D eigenvalue weighted by Gasteiger charge is -2.18. The Morgan fingerprint density at radius 3 is 2.61 bits per heavy atom. The zero-order chi connectivity index (χ0) is 13.8. The molecule has 1 rings (SSSR count). The lowest BCUT2D eigenvalue weighted by atomic mass is 10.1. The first-order valence-corrected chi connectivity index (χ1v) is 6.21. The largest absolute Gasteiger partial charge is 0.461 e. The van der Waals surface area contributed by atoms with Gasteiger partial charge in [-0.2, -0.15) is 0 Å². The molecule has 0 fully saturated rings. The van der Waals surface area contributed by atoms with Crippen molar-refractivity contribution in [3.63, 3.8) is 0 Å². The molecule has 0 unspecified atom stereocenters. The molecule has 0 saturated heterocycles. The standard InChI is InChI=1S/C12H21N3O3/c1-5-7-9-10(11(16)18-6-2)13-14-15(9)8-12(3,4)17/h17H,5-8H2,1-4H3. The zero-order valence-electron chi connectivity index (χ0n) is 11.4. The highest BCUT2D eigenvalue weighted by Crippen LogP contribution is 2.13. The van der Waals surface area contributed by atoms with Crippen LogP contribution in [0.5, 0.6) is 0 Å². The maximum absolute atomic E-state index is 11.7. The average molecular weight is 255 g/mol. The number of aliphatic hydroxyl groups is 1. The van der Waals surface area contributed by atoms with Crippen LogP contribution in [0.3, 0.4) is 0 Å². The van der Waals surface area contributed by atoms with E-state index in [2.05, 4.69) is 10.3 Å². The Morgan fingerprint density at radius 1 is 1.44 bits per heavy atom. The number of ether oxygens (including phenoxy) is 1. The summed E-state index contributed by atoms with van der Waals surface area (Å²) in [7, 11) is 0. The second-order valence-electron chi connectivity index (χ2n) is 4.83. The number of hydrogen-bond donors (Lipinski definition) is 1. The Kier molecular flexibility index (Phi) is 4.84. The fraction of sp³-hybridized carbons (Fsp3) is 0.750. The fourth-order valence-corrected chi connectivity index (χ4v) is 1.67. The van der Waals surface area contributed by atoms with Gasteiger partial charge in [-0.3, -0.25) is 0 Å². The van der Waals surface area contributed by atoms with Crippen LogP contribution in [-0.2, 0) is 17.7 Å². The molecular weight excluding hydrogens is 234 g/mol. The van der Waals surface area contributed by atoms with Gasteiger partial charge < -0.3 is 9.84 Å². The first-order chi connectivity index (χ1) is 8.39. The van der Waals surface area contributed by atoms with Gasteiger partial charge in [0.05, 0.1) is 24.4 Å². The third kappa shape index (κ3) is 3.80. The summed E-state index contributed by atoms with van der Waals surface area (Å²) in [6.07, 6.45) is 1.54. The molecule has 18 heavy (non-hydrogen) atoms. The Bertz CT molecular complexity index is 407. The summed E-state index contributed by atoms with van der Waals surface area (Å²) in [6.45, 7) is 7.75. The van der Waals surface area contributed by atoms with Gasteiger partial charge in [0.2, 0.25) is 0 Å². The Hall–Kier alpha value is -1.43. The van der Waals surface area contributed by atoms with Crippen molar-refractivity contribution in [2.45, 2.75) is 52.7 Å². The van der Waals surface area contributed by atoms with Crippen LogP contribution in [0.1, 0.15) is 50.3 Å². The quantitative estimate of drug-likeness (QED) is 0.772. The molecule has 0 aliphatic rings. The van der Waals surface area contributed by atoms with Crippen molar-refractivity contribution in [2.75, 3.05) is 6.61 Å². The predicted molar refractivity (Wildman–Crippen MR) is 66.3 cm³/mol. The van der Waals surface area contributed by atoms with Gasteiger partial charge in [-0.25, -0.2) is 9.48 Å². The lowest BCUT2D eigenvalue weighted by Crippen LogP contribution is -2.28. The van der Waals surface area contributed by atoms with Crippen molar-refractivity contribution in [1.29, 1.82) is 0 Å². The van der Waals surface area contributed by atoms with Crippen LogP contribution < -0.4 is 0 Å². The molecule has 6 heteroatoms.